The van der Waals surface area contributed by atoms with Gasteiger partial charge in [0.1, 0.15) is 0 Å². The lowest BCUT2D eigenvalue weighted by Crippen LogP contribution is -2.46. The van der Waals surface area contributed by atoms with Crippen LogP contribution in [-0.4, -0.2) is 37.0 Å². The summed E-state index contributed by atoms with van der Waals surface area (Å²) in [5.41, 5.74) is 16.9. The average Bonchev–Trinajstić information content (AvgIpc) is 3.01. The van der Waals surface area contributed by atoms with E-state index in [-0.39, 0.29) is 5.91 Å². The number of nitrogens with one attached hydrogen (secondary N) is 1. The number of rotatable bonds is 11. The van der Waals surface area contributed by atoms with Gasteiger partial charge in [-0.15, -0.1) is 0 Å². The molecule has 0 bridgehead atoms. The van der Waals surface area contributed by atoms with E-state index in [2.05, 4.69) is 86.1 Å². The SMILES string of the molecule is CC/C=C(C)/C(C)=C(/N)c1cc(NC(=O)c2ccccc2CN2CCN(c3ccc(CCCC)cc3)CC2)ccc1C. The highest BCUT2D eigenvalue weighted by molar-refractivity contribution is 6.05. The Labute approximate surface area is 253 Å². The fourth-order valence-electron chi connectivity index (χ4n) is 5.60. The van der Waals surface area contributed by atoms with Crippen molar-refractivity contribution in [1.29, 1.82) is 0 Å². The molecule has 1 aliphatic heterocycles. The topological polar surface area (TPSA) is 61.6 Å². The van der Waals surface area contributed by atoms with Gasteiger partial charge in [0, 0.05) is 60.9 Å². The van der Waals surface area contributed by atoms with Crippen molar-refractivity contribution >= 4 is 23.0 Å². The van der Waals surface area contributed by atoms with Crippen LogP contribution in [0.2, 0.25) is 0 Å². The molecule has 5 nitrogen and oxygen atoms in total. The second-order valence-electron chi connectivity index (χ2n) is 11.5. The second-order valence-corrected chi connectivity index (χ2v) is 11.5. The van der Waals surface area contributed by atoms with Crippen LogP contribution in [0.1, 0.15) is 79.6 Å². The predicted molar refractivity (Wildman–Crippen MR) is 179 cm³/mol. The number of carbonyl (C=O) groups excluding carboxylic acids is 1. The van der Waals surface area contributed by atoms with Gasteiger partial charge in [-0.1, -0.05) is 68.3 Å². The molecule has 0 radical (unpaired) electrons. The number of benzene rings is 3. The number of piperazine rings is 1. The van der Waals surface area contributed by atoms with Crippen LogP contribution in [0.5, 0.6) is 0 Å². The molecule has 3 aromatic carbocycles. The Balaban J connectivity index is 1.41. The van der Waals surface area contributed by atoms with Crippen LogP contribution in [0.3, 0.4) is 0 Å². The van der Waals surface area contributed by atoms with Crippen molar-refractivity contribution in [3.63, 3.8) is 0 Å². The van der Waals surface area contributed by atoms with Crippen LogP contribution < -0.4 is 16.0 Å². The highest BCUT2D eigenvalue weighted by atomic mass is 16.1. The summed E-state index contributed by atoms with van der Waals surface area (Å²) >= 11 is 0. The third-order valence-corrected chi connectivity index (χ3v) is 8.44. The largest absolute Gasteiger partial charge is 0.398 e. The quantitative estimate of drug-likeness (QED) is 0.232. The molecule has 42 heavy (non-hydrogen) atoms. The molecule has 1 amide bonds. The summed E-state index contributed by atoms with van der Waals surface area (Å²) in [4.78, 5) is 18.4. The highest BCUT2D eigenvalue weighted by Gasteiger charge is 2.20. The first-order chi connectivity index (χ1) is 20.3. The van der Waals surface area contributed by atoms with E-state index in [0.717, 1.165) is 79.2 Å². The number of hydrogen-bond donors (Lipinski definition) is 2. The summed E-state index contributed by atoms with van der Waals surface area (Å²) in [6.07, 6.45) is 6.78. The first kappa shape index (κ1) is 31.1. The van der Waals surface area contributed by atoms with Gasteiger partial charge in [-0.25, -0.2) is 0 Å². The van der Waals surface area contributed by atoms with E-state index in [1.165, 1.54) is 29.7 Å². The Morgan fingerprint density at radius 2 is 1.64 bits per heavy atom. The number of hydrogen-bond acceptors (Lipinski definition) is 4. The van der Waals surface area contributed by atoms with Crippen molar-refractivity contribution < 1.29 is 4.79 Å². The Morgan fingerprint density at radius 3 is 2.33 bits per heavy atom. The standard InChI is InChI=1S/C37H48N4O/c1-6-8-12-30-16-19-33(20-17-30)41-23-21-40(22-24-41)26-31-13-9-10-14-34(31)37(42)39-32-18-15-28(4)35(25-32)36(38)29(5)27(3)11-7-2/h9-11,13-20,25H,6-8,12,21-24,26,38H2,1-5H3,(H,39,42)/b27-11+,36-29+. The Hall–Kier alpha value is -3.83. The van der Waals surface area contributed by atoms with Gasteiger partial charge < -0.3 is 16.0 Å². The number of amides is 1. The number of anilines is 2. The fourth-order valence-corrected chi connectivity index (χ4v) is 5.60. The molecule has 0 saturated carbocycles. The van der Waals surface area contributed by atoms with Crippen molar-refractivity contribution in [2.45, 2.75) is 66.8 Å². The van der Waals surface area contributed by atoms with Crippen LogP contribution in [-0.2, 0) is 13.0 Å². The Bertz CT molecular complexity index is 1410. The number of unbranched alkanes of at least 4 members (excludes halogenated alkanes) is 1. The minimum atomic E-state index is -0.0939. The third-order valence-electron chi connectivity index (χ3n) is 8.44. The molecule has 0 aliphatic carbocycles. The van der Waals surface area contributed by atoms with Crippen LogP contribution in [0, 0.1) is 6.92 Å². The van der Waals surface area contributed by atoms with E-state index in [4.69, 9.17) is 5.73 Å². The highest BCUT2D eigenvalue weighted by Crippen LogP contribution is 2.26. The molecule has 1 saturated heterocycles. The molecule has 5 heteroatoms. The summed E-state index contributed by atoms with van der Waals surface area (Å²) in [6, 6.07) is 23.0. The number of nitrogens with zero attached hydrogens (tertiary/aromatic N) is 2. The fraction of sp³-hybridized carbons (Fsp3) is 0.378. The van der Waals surface area contributed by atoms with Crippen LogP contribution in [0.4, 0.5) is 11.4 Å². The third kappa shape index (κ3) is 7.92. The molecule has 3 N–H and O–H groups in total. The van der Waals surface area contributed by atoms with Gasteiger partial charge in [0.2, 0.25) is 0 Å². The molecule has 4 rings (SSSR count). The molecule has 0 unspecified atom stereocenters. The Kier molecular flexibility index (Phi) is 11.0. The monoisotopic (exact) mass is 564 g/mol. The van der Waals surface area contributed by atoms with E-state index >= 15 is 0 Å². The summed E-state index contributed by atoms with van der Waals surface area (Å²) in [5.74, 6) is -0.0939. The van der Waals surface area contributed by atoms with Crippen molar-refractivity contribution in [1.82, 2.24) is 4.90 Å². The van der Waals surface area contributed by atoms with Gasteiger partial charge in [-0.2, -0.15) is 0 Å². The van der Waals surface area contributed by atoms with Crippen molar-refractivity contribution in [2.24, 2.45) is 5.73 Å². The maximum atomic E-state index is 13.5. The second kappa shape index (κ2) is 14.9. The lowest BCUT2D eigenvalue weighted by molar-refractivity contribution is 0.102. The predicted octanol–water partition coefficient (Wildman–Crippen LogP) is 7.96. The maximum absolute atomic E-state index is 13.5. The van der Waals surface area contributed by atoms with Crippen LogP contribution >= 0.6 is 0 Å². The summed E-state index contributed by atoms with van der Waals surface area (Å²) in [6.45, 7) is 15.2. The first-order valence-corrected chi connectivity index (χ1v) is 15.5. The van der Waals surface area contributed by atoms with Gasteiger partial charge in [-0.05, 0) is 92.6 Å². The van der Waals surface area contributed by atoms with Gasteiger partial charge in [0.05, 0.1) is 0 Å². The van der Waals surface area contributed by atoms with Crippen LogP contribution in [0.15, 0.2) is 84.0 Å². The molecule has 1 fully saturated rings. The molecule has 0 aromatic heterocycles. The van der Waals surface area contributed by atoms with Gasteiger partial charge in [0.25, 0.3) is 5.91 Å². The molecule has 1 aliphatic rings. The minimum Gasteiger partial charge on any atom is -0.398 e. The van der Waals surface area contributed by atoms with Crippen LogP contribution in [0.25, 0.3) is 5.70 Å². The normalized spacial score (nSPS) is 15.0. The smallest absolute Gasteiger partial charge is 0.255 e. The first-order valence-electron chi connectivity index (χ1n) is 15.5. The zero-order chi connectivity index (χ0) is 30.1. The zero-order valence-corrected chi connectivity index (χ0v) is 26.2. The molecular weight excluding hydrogens is 516 g/mol. The zero-order valence-electron chi connectivity index (χ0n) is 26.2. The van der Waals surface area contributed by atoms with E-state index in [1.54, 1.807) is 0 Å². The maximum Gasteiger partial charge on any atom is 0.255 e. The molecule has 3 aromatic rings. The number of carbonyl (C=O) groups is 1. The number of nitrogens with two attached hydrogens (primary N) is 1. The average molecular weight is 565 g/mol. The van der Waals surface area contributed by atoms with Crippen molar-refractivity contribution in [3.05, 3.63) is 112 Å². The van der Waals surface area contributed by atoms with E-state index in [0.29, 0.717) is 5.56 Å². The molecule has 0 atom stereocenters. The lowest BCUT2D eigenvalue weighted by atomic mass is 9.98. The van der Waals surface area contributed by atoms with Crippen molar-refractivity contribution in [3.8, 4) is 0 Å². The lowest BCUT2D eigenvalue weighted by Gasteiger charge is -2.36. The molecule has 222 valence electrons. The number of aryl methyl sites for hydroxylation is 2. The van der Waals surface area contributed by atoms with Gasteiger partial charge in [0.15, 0.2) is 0 Å². The molecule has 0 spiro atoms. The van der Waals surface area contributed by atoms with E-state index in [1.807, 2.05) is 36.4 Å². The molecular formula is C37H48N4O. The minimum absolute atomic E-state index is 0.0939. The van der Waals surface area contributed by atoms with Gasteiger partial charge >= 0.3 is 0 Å². The summed E-state index contributed by atoms with van der Waals surface area (Å²) in [5, 5.41) is 3.14. The Morgan fingerprint density at radius 1 is 0.929 bits per heavy atom. The molecule has 1 heterocycles. The van der Waals surface area contributed by atoms with Gasteiger partial charge in [-0.3, -0.25) is 9.69 Å². The summed E-state index contributed by atoms with van der Waals surface area (Å²) < 4.78 is 0. The van der Waals surface area contributed by atoms with E-state index < -0.39 is 0 Å². The van der Waals surface area contributed by atoms with Crippen molar-refractivity contribution in [2.75, 3.05) is 36.4 Å². The van der Waals surface area contributed by atoms with E-state index in [9.17, 15) is 4.79 Å². The summed E-state index contributed by atoms with van der Waals surface area (Å²) in [7, 11) is 0. The number of allylic oxidation sites excluding steroid dienone is 3.